The first kappa shape index (κ1) is 9.60. The number of hydrogen-bond acceptors (Lipinski definition) is 2. The molecule has 2 heterocycles. The molecule has 86 valence electrons. The number of nitrogens with zero attached hydrogens (tertiary/aromatic N) is 2. The second-order valence-corrected chi connectivity index (χ2v) is 5.66. The molecule has 17 heavy (non-hydrogen) atoms. The van der Waals surface area contributed by atoms with Gasteiger partial charge in [-0.1, -0.05) is 12.1 Å². The maximum Gasteiger partial charge on any atom is 0.0702 e. The quantitative estimate of drug-likeness (QED) is 0.739. The maximum absolute atomic E-state index is 4.39. The topological polar surface area (TPSA) is 16.1 Å². The molecule has 2 atom stereocenters. The molecule has 2 aromatic rings. The van der Waals surface area contributed by atoms with Gasteiger partial charge < -0.3 is 4.90 Å². The van der Waals surface area contributed by atoms with Crippen molar-refractivity contribution in [3.8, 4) is 0 Å². The van der Waals surface area contributed by atoms with Gasteiger partial charge >= 0.3 is 0 Å². The van der Waals surface area contributed by atoms with Crippen LogP contribution in [0.15, 0.2) is 36.5 Å². The van der Waals surface area contributed by atoms with Crippen molar-refractivity contribution in [2.24, 2.45) is 5.92 Å². The number of aromatic nitrogens is 1. The molecule has 2 aliphatic rings. The van der Waals surface area contributed by atoms with E-state index in [1.54, 1.807) is 0 Å². The van der Waals surface area contributed by atoms with E-state index in [9.17, 15) is 0 Å². The molecule has 1 aliphatic carbocycles. The molecule has 1 saturated carbocycles. The normalized spacial score (nSPS) is 31.7. The summed E-state index contributed by atoms with van der Waals surface area (Å²) in [4.78, 5) is 6.85. The summed E-state index contributed by atoms with van der Waals surface area (Å²) in [6.07, 6.45) is 3.24. The molecule has 1 aromatic carbocycles. The van der Waals surface area contributed by atoms with Gasteiger partial charge in [0.2, 0.25) is 0 Å². The zero-order valence-electron chi connectivity index (χ0n) is 10.1. The van der Waals surface area contributed by atoms with Crippen molar-refractivity contribution in [2.75, 3.05) is 20.1 Å². The van der Waals surface area contributed by atoms with E-state index in [2.05, 4.69) is 41.2 Å². The standard InChI is InChI=1S/C15H16N2/c1-17-9-13-8-15(13,10-17)12-4-5-14-11(7-12)3-2-6-16-14/h2-7,13H,8-10H2,1H3/t13?,15-/m0/s1. The van der Waals surface area contributed by atoms with Crippen molar-refractivity contribution >= 4 is 10.9 Å². The Morgan fingerprint density at radius 1 is 1.35 bits per heavy atom. The van der Waals surface area contributed by atoms with Gasteiger partial charge in [0.1, 0.15) is 0 Å². The minimum atomic E-state index is 0.471. The Balaban J connectivity index is 1.82. The van der Waals surface area contributed by atoms with Crippen LogP contribution in [0.25, 0.3) is 10.9 Å². The van der Waals surface area contributed by atoms with Gasteiger partial charge in [0.25, 0.3) is 0 Å². The second kappa shape index (κ2) is 3.08. The summed E-state index contributed by atoms with van der Waals surface area (Å²) in [6, 6.07) is 11.0. The van der Waals surface area contributed by atoms with Gasteiger partial charge in [0.05, 0.1) is 5.52 Å². The van der Waals surface area contributed by atoms with Gasteiger partial charge in [-0.3, -0.25) is 4.98 Å². The summed E-state index contributed by atoms with van der Waals surface area (Å²) in [5, 5.41) is 1.28. The molecule has 1 aromatic heterocycles. The molecule has 2 nitrogen and oxygen atoms in total. The number of fused-ring (bicyclic) bond motifs is 2. The number of likely N-dealkylation sites (tertiary alicyclic amines) is 1. The van der Waals surface area contributed by atoms with Gasteiger partial charge in [0, 0.05) is 30.1 Å². The third kappa shape index (κ3) is 1.27. The predicted molar refractivity (Wildman–Crippen MR) is 69.0 cm³/mol. The van der Waals surface area contributed by atoms with Crippen molar-refractivity contribution in [3.63, 3.8) is 0 Å². The first-order valence-electron chi connectivity index (χ1n) is 6.32. The SMILES string of the molecule is CN1CC2C[C@@]2(c2ccc3ncccc3c2)C1. The lowest BCUT2D eigenvalue weighted by Crippen LogP contribution is -2.22. The highest BCUT2D eigenvalue weighted by atomic mass is 15.2. The molecule has 1 aliphatic heterocycles. The van der Waals surface area contributed by atoms with Gasteiger partial charge in [-0.05, 0) is 43.1 Å². The Morgan fingerprint density at radius 3 is 3.12 bits per heavy atom. The second-order valence-electron chi connectivity index (χ2n) is 5.66. The van der Waals surface area contributed by atoms with Crippen molar-refractivity contribution in [1.29, 1.82) is 0 Å². The van der Waals surface area contributed by atoms with E-state index < -0.39 is 0 Å². The van der Waals surface area contributed by atoms with Crippen LogP contribution in [0.3, 0.4) is 0 Å². The molecule has 4 rings (SSSR count). The first-order valence-corrected chi connectivity index (χ1v) is 6.32. The number of piperidine rings is 1. The molecule has 0 amide bonds. The van der Waals surface area contributed by atoms with Crippen LogP contribution in [-0.4, -0.2) is 30.0 Å². The zero-order valence-corrected chi connectivity index (χ0v) is 10.1. The Morgan fingerprint density at radius 2 is 2.29 bits per heavy atom. The average Bonchev–Trinajstić information content (AvgIpc) is 2.93. The van der Waals surface area contributed by atoms with E-state index >= 15 is 0 Å². The first-order chi connectivity index (χ1) is 8.28. The summed E-state index contributed by atoms with van der Waals surface area (Å²) in [6.45, 7) is 2.49. The minimum absolute atomic E-state index is 0.471. The molecule has 1 unspecified atom stereocenters. The summed E-state index contributed by atoms with van der Waals surface area (Å²) < 4.78 is 0. The lowest BCUT2D eigenvalue weighted by Gasteiger charge is -2.16. The van der Waals surface area contributed by atoms with Gasteiger partial charge in [-0.2, -0.15) is 0 Å². The molecule has 2 fully saturated rings. The monoisotopic (exact) mass is 224 g/mol. The number of rotatable bonds is 1. The third-order valence-electron chi connectivity index (χ3n) is 4.49. The smallest absolute Gasteiger partial charge is 0.0702 e. The molecule has 0 N–H and O–H groups in total. The number of pyridine rings is 1. The average molecular weight is 224 g/mol. The fourth-order valence-corrected chi connectivity index (χ4v) is 3.57. The lowest BCUT2D eigenvalue weighted by molar-refractivity contribution is 0.363. The van der Waals surface area contributed by atoms with E-state index in [0.29, 0.717) is 5.41 Å². The van der Waals surface area contributed by atoms with Crippen LogP contribution in [0, 0.1) is 5.92 Å². The van der Waals surface area contributed by atoms with Crippen LogP contribution < -0.4 is 0 Å². The molecule has 1 saturated heterocycles. The fourth-order valence-electron chi connectivity index (χ4n) is 3.57. The molecular formula is C15H16N2. The Kier molecular flexibility index (Phi) is 1.74. The van der Waals surface area contributed by atoms with E-state index in [4.69, 9.17) is 0 Å². The summed E-state index contributed by atoms with van der Waals surface area (Å²) in [5.74, 6) is 0.890. The van der Waals surface area contributed by atoms with Crippen LogP contribution in [0.5, 0.6) is 0 Å². The highest BCUT2D eigenvalue weighted by Gasteiger charge is 2.59. The van der Waals surface area contributed by atoms with Gasteiger partial charge in [-0.25, -0.2) is 0 Å². The number of benzene rings is 1. The van der Waals surface area contributed by atoms with Crippen LogP contribution in [0.2, 0.25) is 0 Å². The number of likely N-dealkylation sites (N-methyl/N-ethyl adjacent to an activating group) is 1. The summed E-state index contributed by atoms with van der Waals surface area (Å²) >= 11 is 0. The summed E-state index contributed by atoms with van der Waals surface area (Å²) in [7, 11) is 2.23. The van der Waals surface area contributed by atoms with E-state index in [-0.39, 0.29) is 0 Å². The van der Waals surface area contributed by atoms with Gasteiger partial charge in [-0.15, -0.1) is 0 Å². The van der Waals surface area contributed by atoms with Crippen LogP contribution >= 0.6 is 0 Å². The molecule has 0 bridgehead atoms. The Labute approximate surface area is 101 Å². The van der Waals surface area contributed by atoms with Crippen LogP contribution in [0.1, 0.15) is 12.0 Å². The zero-order chi connectivity index (χ0) is 11.5. The van der Waals surface area contributed by atoms with E-state index in [0.717, 1.165) is 11.4 Å². The largest absolute Gasteiger partial charge is 0.305 e. The van der Waals surface area contributed by atoms with Gasteiger partial charge in [0.15, 0.2) is 0 Å². The highest BCUT2D eigenvalue weighted by molar-refractivity contribution is 5.79. The molecule has 0 radical (unpaired) electrons. The molecule has 2 heteroatoms. The maximum atomic E-state index is 4.39. The Hall–Kier alpha value is -1.41. The fraction of sp³-hybridized carbons (Fsp3) is 0.400. The van der Waals surface area contributed by atoms with Crippen LogP contribution in [-0.2, 0) is 5.41 Å². The van der Waals surface area contributed by atoms with Crippen LogP contribution in [0.4, 0.5) is 0 Å². The minimum Gasteiger partial charge on any atom is -0.305 e. The third-order valence-corrected chi connectivity index (χ3v) is 4.49. The molecule has 0 spiro atoms. The predicted octanol–water partition coefficient (Wildman–Crippen LogP) is 2.44. The number of hydrogen-bond donors (Lipinski definition) is 0. The lowest BCUT2D eigenvalue weighted by atomic mass is 9.94. The molecular weight excluding hydrogens is 208 g/mol. The van der Waals surface area contributed by atoms with Crippen molar-refractivity contribution < 1.29 is 0 Å². The van der Waals surface area contributed by atoms with Crippen molar-refractivity contribution in [3.05, 3.63) is 42.1 Å². The van der Waals surface area contributed by atoms with E-state index in [1.165, 1.54) is 30.5 Å². The highest BCUT2D eigenvalue weighted by Crippen LogP contribution is 2.58. The Bertz CT molecular complexity index is 592. The van der Waals surface area contributed by atoms with Crippen molar-refractivity contribution in [2.45, 2.75) is 11.8 Å². The van der Waals surface area contributed by atoms with E-state index in [1.807, 2.05) is 12.3 Å². The summed E-state index contributed by atoms with van der Waals surface area (Å²) in [5.41, 5.74) is 3.10. The van der Waals surface area contributed by atoms with Crippen molar-refractivity contribution in [1.82, 2.24) is 9.88 Å².